The van der Waals surface area contributed by atoms with Gasteiger partial charge in [-0.1, -0.05) is 152 Å². The molecule has 0 radical (unpaired) electrons. The number of hydrogen-bond donors (Lipinski definition) is 0. The van der Waals surface area contributed by atoms with Crippen LogP contribution in [0.15, 0.2) is 133 Å². The van der Waals surface area contributed by atoms with Gasteiger partial charge in [0.25, 0.3) is 0 Å². The molecule has 0 unspecified atom stereocenters. The zero-order valence-corrected chi connectivity index (χ0v) is 37.0. The molecule has 60 heavy (non-hydrogen) atoms. The zero-order valence-electron chi connectivity index (χ0n) is 35.2. The van der Waals surface area contributed by atoms with Gasteiger partial charge in [0.05, 0.1) is 11.1 Å². The van der Waals surface area contributed by atoms with E-state index in [-0.39, 0.29) is 63.2 Å². The van der Waals surface area contributed by atoms with E-state index in [0.717, 1.165) is 22.3 Å². The summed E-state index contributed by atoms with van der Waals surface area (Å²) in [7, 11) is -4.43. The Kier molecular flexibility index (Phi) is 13.2. The summed E-state index contributed by atoms with van der Waals surface area (Å²) in [6, 6.07) is 40.9. The summed E-state index contributed by atoms with van der Waals surface area (Å²) < 4.78 is 39.6. The second-order valence-electron chi connectivity index (χ2n) is 15.8. The minimum atomic E-state index is -2.21. The number of ketones is 2. The molecule has 8 nitrogen and oxygen atoms in total. The molecule has 0 atom stereocenters. The van der Waals surface area contributed by atoms with Crippen LogP contribution in [-0.4, -0.2) is 11.6 Å². The minimum Gasteiger partial charge on any atom is -0.408 e. The van der Waals surface area contributed by atoms with Gasteiger partial charge in [0.15, 0.2) is 5.78 Å². The summed E-state index contributed by atoms with van der Waals surface area (Å²) in [4.78, 5) is 29.4. The molecule has 0 N–H and O–H groups in total. The lowest BCUT2D eigenvalue weighted by Gasteiger charge is -2.26. The minimum absolute atomic E-state index is 0.0847. The number of rotatable bonds is 16. The van der Waals surface area contributed by atoms with Gasteiger partial charge in [0.1, 0.15) is 34.5 Å². The van der Waals surface area contributed by atoms with Crippen LogP contribution in [0.3, 0.4) is 0 Å². The van der Waals surface area contributed by atoms with Crippen LogP contribution in [0.1, 0.15) is 133 Å². The summed E-state index contributed by atoms with van der Waals surface area (Å²) in [5.74, 6) is 2.48. The number of benzene rings is 6. The first-order valence-corrected chi connectivity index (χ1v) is 22.5. The number of para-hydroxylation sites is 4. The van der Waals surface area contributed by atoms with E-state index in [2.05, 4.69) is 55.4 Å². The molecule has 0 aliphatic heterocycles. The van der Waals surface area contributed by atoms with Gasteiger partial charge in [-0.15, -0.1) is 0 Å². The van der Waals surface area contributed by atoms with Gasteiger partial charge in [0, 0.05) is 11.1 Å². The van der Waals surface area contributed by atoms with Crippen LogP contribution >= 0.6 is 17.2 Å². The van der Waals surface area contributed by atoms with Crippen LogP contribution in [0.2, 0.25) is 0 Å². The maximum absolute atomic E-state index is 15.0. The normalized spacial score (nSPS) is 12.3. The fourth-order valence-corrected chi connectivity index (χ4v) is 9.24. The van der Waals surface area contributed by atoms with Crippen molar-refractivity contribution in [1.29, 1.82) is 0 Å². The van der Waals surface area contributed by atoms with E-state index >= 15 is 4.79 Å². The quantitative estimate of drug-likeness (QED) is 0.0889. The first-order chi connectivity index (χ1) is 28.9. The Balaban J connectivity index is 1.28. The van der Waals surface area contributed by atoms with Crippen molar-refractivity contribution in [3.8, 4) is 34.5 Å². The molecule has 1 aliphatic rings. The molecule has 6 aromatic rings. The van der Waals surface area contributed by atoms with Crippen molar-refractivity contribution in [2.45, 2.75) is 79.1 Å². The first-order valence-electron chi connectivity index (χ1n) is 20.3. The molecule has 0 saturated carbocycles. The van der Waals surface area contributed by atoms with Gasteiger partial charge in [-0.3, -0.25) is 9.59 Å². The molecule has 0 saturated heterocycles. The molecular formula is C50H50O8P2. The van der Waals surface area contributed by atoms with Gasteiger partial charge in [-0.2, -0.15) is 0 Å². The third-order valence-electron chi connectivity index (χ3n) is 10.2. The van der Waals surface area contributed by atoms with Crippen molar-refractivity contribution in [2.75, 3.05) is 0 Å². The molecule has 6 aromatic carbocycles. The third-order valence-corrected chi connectivity index (χ3v) is 12.3. The van der Waals surface area contributed by atoms with Gasteiger partial charge in [-0.25, -0.2) is 0 Å². The van der Waals surface area contributed by atoms with E-state index < -0.39 is 23.0 Å². The van der Waals surface area contributed by atoms with Gasteiger partial charge in [-0.05, 0) is 82.3 Å². The van der Waals surface area contributed by atoms with Crippen molar-refractivity contribution in [3.63, 3.8) is 0 Å². The Labute approximate surface area is 355 Å². The summed E-state index contributed by atoms with van der Waals surface area (Å²) >= 11 is 0. The summed E-state index contributed by atoms with van der Waals surface area (Å²) in [5.41, 5.74) is 4.46. The number of carbonyl (C=O) groups excluding carboxylic acids is 2. The molecule has 0 fully saturated rings. The molecule has 0 amide bonds. The van der Waals surface area contributed by atoms with Crippen LogP contribution in [0.5, 0.6) is 34.5 Å². The number of fused-ring (bicyclic) bond motifs is 2. The van der Waals surface area contributed by atoms with E-state index in [4.69, 9.17) is 27.1 Å². The van der Waals surface area contributed by atoms with E-state index in [1.807, 2.05) is 97.1 Å². The van der Waals surface area contributed by atoms with Gasteiger partial charge < -0.3 is 27.1 Å². The van der Waals surface area contributed by atoms with Crippen molar-refractivity contribution in [2.24, 2.45) is 0 Å². The zero-order chi connectivity index (χ0) is 42.5. The Morgan fingerprint density at radius 3 is 0.850 bits per heavy atom. The lowest BCUT2D eigenvalue weighted by Crippen LogP contribution is -2.23. The SMILES string of the molecule is CC(C)c1ccccc1OP(Oc1ccccc1C(C)C)Oc1cccc2c1C(=O)c1c(OP(Oc3ccccc3C(C)C)Oc3ccccc3C(C)C)cccc1C2=O. The second-order valence-corrected chi connectivity index (χ2v) is 17.8. The lowest BCUT2D eigenvalue weighted by atomic mass is 9.83. The van der Waals surface area contributed by atoms with Crippen LogP contribution < -0.4 is 27.1 Å². The summed E-state index contributed by atoms with van der Waals surface area (Å²) in [5, 5.41) is 0. The predicted molar refractivity (Wildman–Crippen MR) is 239 cm³/mol. The van der Waals surface area contributed by atoms with Crippen LogP contribution in [0.4, 0.5) is 0 Å². The summed E-state index contributed by atoms with van der Waals surface area (Å²) in [6.45, 7) is 16.7. The number of carbonyl (C=O) groups is 2. The average molecular weight is 841 g/mol. The topological polar surface area (TPSA) is 89.5 Å². The third kappa shape index (κ3) is 9.21. The van der Waals surface area contributed by atoms with Crippen molar-refractivity contribution in [3.05, 3.63) is 178 Å². The highest BCUT2D eigenvalue weighted by Crippen LogP contribution is 2.51. The largest absolute Gasteiger partial charge is 0.530 e. The predicted octanol–water partition coefficient (Wildman–Crippen LogP) is 14.5. The fraction of sp³-hybridized carbons (Fsp3) is 0.240. The Morgan fingerprint density at radius 1 is 0.317 bits per heavy atom. The van der Waals surface area contributed by atoms with E-state index in [1.165, 1.54) is 0 Å². The Hall–Kier alpha value is -5.68. The summed E-state index contributed by atoms with van der Waals surface area (Å²) in [6.07, 6.45) is 0. The standard InChI is InChI=1S/C50H50O8P2/c1-31(2)35-19-9-13-25-41(35)53-59(54-42-26-14-10-20-36(42)32(3)4)57-45-29-17-23-39-47(45)50(52)48-40(49(39)51)24-18-30-46(48)58-60(55-43-27-15-11-21-37(43)33(5)6)56-44-28-16-12-22-38(44)34(7)8/h9-34H,1-8H3. The maximum atomic E-state index is 15.0. The monoisotopic (exact) mass is 840 g/mol. The molecular weight excluding hydrogens is 790 g/mol. The molecule has 0 spiro atoms. The second kappa shape index (κ2) is 18.7. The molecule has 308 valence electrons. The van der Waals surface area contributed by atoms with Crippen molar-refractivity contribution in [1.82, 2.24) is 0 Å². The highest BCUT2D eigenvalue weighted by atomic mass is 31.2. The molecule has 0 bridgehead atoms. The highest BCUT2D eigenvalue weighted by Gasteiger charge is 2.38. The first kappa shape index (κ1) is 42.4. The maximum Gasteiger partial charge on any atom is 0.530 e. The average Bonchev–Trinajstić information content (AvgIpc) is 3.23. The van der Waals surface area contributed by atoms with E-state index in [1.54, 1.807) is 36.4 Å². The molecule has 7 rings (SSSR count). The Bertz CT molecular complexity index is 2220. The molecule has 10 heteroatoms. The van der Waals surface area contributed by atoms with E-state index in [9.17, 15) is 4.79 Å². The molecule has 1 aliphatic carbocycles. The van der Waals surface area contributed by atoms with Gasteiger partial charge in [0.2, 0.25) is 5.78 Å². The number of hydrogen-bond acceptors (Lipinski definition) is 8. The lowest BCUT2D eigenvalue weighted by molar-refractivity contribution is 0.0975. The fourth-order valence-electron chi connectivity index (χ4n) is 7.09. The van der Waals surface area contributed by atoms with Crippen LogP contribution in [0.25, 0.3) is 0 Å². The molecule has 0 aromatic heterocycles. The molecule has 0 heterocycles. The van der Waals surface area contributed by atoms with Crippen LogP contribution in [0, 0.1) is 0 Å². The van der Waals surface area contributed by atoms with Gasteiger partial charge >= 0.3 is 17.2 Å². The van der Waals surface area contributed by atoms with E-state index in [0.29, 0.717) is 23.0 Å². The highest BCUT2D eigenvalue weighted by molar-refractivity contribution is 7.43. The smallest absolute Gasteiger partial charge is 0.408 e. The van der Waals surface area contributed by atoms with Crippen molar-refractivity contribution >= 4 is 28.8 Å². The van der Waals surface area contributed by atoms with Crippen LogP contribution in [-0.2, 0) is 0 Å². The van der Waals surface area contributed by atoms with Crippen molar-refractivity contribution < 1.29 is 36.7 Å². The Morgan fingerprint density at radius 2 is 0.567 bits per heavy atom.